The molecule has 0 saturated heterocycles. The number of alkyl halides is 3. The lowest BCUT2D eigenvalue weighted by Crippen LogP contribution is -2.40. The lowest BCUT2D eigenvalue weighted by Gasteiger charge is -2.19. The van der Waals surface area contributed by atoms with E-state index in [0.717, 1.165) is 17.0 Å². The predicted molar refractivity (Wildman–Crippen MR) is 104 cm³/mol. The maximum absolute atomic E-state index is 12.7. The van der Waals surface area contributed by atoms with Gasteiger partial charge in [-0.15, -0.1) is 5.10 Å². The van der Waals surface area contributed by atoms with E-state index >= 15 is 0 Å². The highest BCUT2D eigenvalue weighted by Crippen LogP contribution is 2.30. The Hall–Kier alpha value is -3.83. The average Bonchev–Trinajstić information content (AvgIpc) is 3.10. The van der Waals surface area contributed by atoms with Crippen molar-refractivity contribution in [1.29, 1.82) is 0 Å². The van der Waals surface area contributed by atoms with E-state index in [0.29, 0.717) is 17.0 Å². The van der Waals surface area contributed by atoms with Crippen LogP contribution in [0.25, 0.3) is 5.65 Å². The number of carbonyl (C=O) groups is 2. The number of ether oxygens (including phenoxy) is 1. The first-order valence-electron chi connectivity index (χ1n) is 9.16. The number of aromatic nitrogens is 3. The molecule has 164 valence electrons. The van der Waals surface area contributed by atoms with Crippen LogP contribution in [-0.2, 0) is 22.3 Å². The van der Waals surface area contributed by atoms with E-state index in [1.54, 1.807) is 25.1 Å². The molecule has 12 heteroatoms. The number of carbonyl (C=O) groups excluding carboxylic acids is 2. The van der Waals surface area contributed by atoms with Crippen molar-refractivity contribution in [1.82, 2.24) is 19.5 Å². The Morgan fingerprint density at radius 1 is 1.19 bits per heavy atom. The predicted octanol–water partition coefficient (Wildman–Crippen LogP) is 2.94. The molecule has 0 unspecified atom stereocenters. The van der Waals surface area contributed by atoms with Gasteiger partial charge in [0.15, 0.2) is 5.65 Å². The SMILES string of the molecule is CCOC(=O)CN(Cc1cccc2nc(Nc3ccc(C(F)(F)F)cc3)nn12)C(N)=O. The van der Waals surface area contributed by atoms with Crippen molar-refractivity contribution in [3.05, 3.63) is 53.7 Å². The fraction of sp³-hybridized carbons (Fsp3) is 0.263. The van der Waals surface area contributed by atoms with Gasteiger partial charge in [-0.05, 0) is 43.3 Å². The maximum Gasteiger partial charge on any atom is 0.416 e. The van der Waals surface area contributed by atoms with Crippen molar-refractivity contribution in [3.8, 4) is 0 Å². The average molecular weight is 436 g/mol. The first-order valence-corrected chi connectivity index (χ1v) is 9.16. The largest absolute Gasteiger partial charge is 0.465 e. The van der Waals surface area contributed by atoms with Crippen LogP contribution in [0, 0.1) is 0 Å². The van der Waals surface area contributed by atoms with Gasteiger partial charge < -0.3 is 20.7 Å². The van der Waals surface area contributed by atoms with Crippen molar-refractivity contribution >= 4 is 29.3 Å². The third-order valence-electron chi connectivity index (χ3n) is 4.20. The lowest BCUT2D eigenvalue weighted by molar-refractivity contribution is -0.143. The Morgan fingerprint density at radius 3 is 2.52 bits per heavy atom. The molecule has 0 spiro atoms. The smallest absolute Gasteiger partial charge is 0.416 e. The van der Waals surface area contributed by atoms with Crippen molar-refractivity contribution in [3.63, 3.8) is 0 Å². The number of pyridine rings is 1. The summed E-state index contributed by atoms with van der Waals surface area (Å²) in [6, 6.07) is 8.64. The van der Waals surface area contributed by atoms with Crippen LogP contribution >= 0.6 is 0 Å². The Balaban J connectivity index is 1.81. The number of anilines is 2. The topological polar surface area (TPSA) is 115 Å². The number of esters is 1. The van der Waals surface area contributed by atoms with Gasteiger partial charge in [0.1, 0.15) is 6.54 Å². The number of nitrogens with zero attached hydrogens (tertiary/aromatic N) is 4. The van der Waals surface area contributed by atoms with Gasteiger partial charge in [0.25, 0.3) is 0 Å². The number of halogens is 3. The van der Waals surface area contributed by atoms with Crippen LogP contribution < -0.4 is 11.1 Å². The van der Waals surface area contributed by atoms with Crippen LogP contribution in [0.4, 0.5) is 29.6 Å². The van der Waals surface area contributed by atoms with E-state index in [-0.39, 0.29) is 25.6 Å². The summed E-state index contributed by atoms with van der Waals surface area (Å²) >= 11 is 0. The Labute approximate surface area is 174 Å². The van der Waals surface area contributed by atoms with Crippen LogP contribution in [0.3, 0.4) is 0 Å². The van der Waals surface area contributed by atoms with Gasteiger partial charge >= 0.3 is 18.2 Å². The van der Waals surface area contributed by atoms with Crippen molar-refractivity contribution < 1.29 is 27.5 Å². The van der Waals surface area contributed by atoms with Crippen LogP contribution in [-0.4, -0.2) is 44.7 Å². The summed E-state index contributed by atoms with van der Waals surface area (Å²) in [6.07, 6.45) is -4.43. The number of hydrogen-bond acceptors (Lipinski definition) is 6. The Morgan fingerprint density at radius 2 is 1.90 bits per heavy atom. The molecule has 2 heterocycles. The quantitative estimate of drug-likeness (QED) is 0.551. The van der Waals surface area contributed by atoms with Crippen LogP contribution in [0.1, 0.15) is 18.2 Å². The number of hydrogen-bond donors (Lipinski definition) is 2. The van der Waals surface area contributed by atoms with E-state index in [1.807, 2.05) is 0 Å². The van der Waals surface area contributed by atoms with Crippen molar-refractivity contribution in [2.75, 3.05) is 18.5 Å². The second-order valence-electron chi connectivity index (χ2n) is 6.42. The molecule has 2 aromatic heterocycles. The minimum atomic E-state index is -4.43. The van der Waals surface area contributed by atoms with E-state index in [1.165, 1.54) is 16.6 Å². The van der Waals surface area contributed by atoms with Crippen LogP contribution in [0.5, 0.6) is 0 Å². The van der Waals surface area contributed by atoms with Gasteiger partial charge in [-0.3, -0.25) is 4.79 Å². The molecule has 3 N–H and O–H groups in total. The van der Waals surface area contributed by atoms with E-state index in [9.17, 15) is 22.8 Å². The molecule has 0 aliphatic carbocycles. The fourth-order valence-corrected chi connectivity index (χ4v) is 2.77. The molecule has 0 bridgehead atoms. The molecular weight excluding hydrogens is 417 g/mol. The molecule has 3 aromatic rings. The zero-order valence-corrected chi connectivity index (χ0v) is 16.4. The zero-order chi connectivity index (χ0) is 22.6. The molecule has 0 saturated carbocycles. The van der Waals surface area contributed by atoms with Gasteiger partial charge in [-0.1, -0.05) is 6.07 Å². The molecular formula is C19H19F3N6O3. The zero-order valence-electron chi connectivity index (χ0n) is 16.4. The second kappa shape index (κ2) is 8.90. The highest BCUT2D eigenvalue weighted by Gasteiger charge is 2.30. The number of amides is 2. The number of primary amides is 1. The molecule has 1 aromatic carbocycles. The summed E-state index contributed by atoms with van der Waals surface area (Å²) in [5.74, 6) is -0.458. The Kier molecular flexibility index (Phi) is 6.28. The second-order valence-corrected chi connectivity index (χ2v) is 6.42. The molecule has 0 atom stereocenters. The summed E-state index contributed by atoms with van der Waals surface area (Å²) in [6.45, 7) is 1.45. The van der Waals surface area contributed by atoms with E-state index in [4.69, 9.17) is 10.5 Å². The third kappa shape index (κ3) is 5.41. The molecule has 31 heavy (non-hydrogen) atoms. The standard InChI is InChI=1S/C19H19F3N6O3/c1-2-31-16(29)11-27(17(23)30)10-14-4-3-5-15-25-18(26-28(14)15)24-13-8-6-12(7-9-13)19(20,21)22/h3-9H,2,10-11H2,1H3,(H2,23,30)(H,24,26). The number of rotatable bonds is 7. The van der Waals surface area contributed by atoms with Gasteiger partial charge in [-0.2, -0.15) is 18.2 Å². The molecule has 3 rings (SSSR count). The van der Waals surface area contributed by atoms with E-state index < -0.39 is 23.7 Å². The van der Waals surface area contributed by atoms with Gasteiger partial charge in [0, 0.05) is 5.69 Å². The maximum atomic E-state index is 12.7. The van der Waals surface area contributed by atoms with Gasteiger partial charge in [0.2, 0.25) is 5.95 Å². The van der Waals surface area contributed by atoms with Gasteiger partial charge in [-0.25, -0.2) is 9.31 Å². The Bertz CT molecular complexity index is 1080. The number of nitrogens with two attached hydrogens (primary N) is 1. The molecule has 0 aliphatic rings. The lowest BCUT2D eigenvalue weighted by atomic mass is 10.2. The highest BCUT2D eigenvalue weighted by molar-refractivity contribution is 5.79. The van der Waals surface area contributed by atoms with E-state index in [2.05, 4.69) is 15.4 Å². The summed E-state index contributed by atoms with van der Waals surface area (Å²) in [7, 11) is 0. The monoisotopic (exact) mass is 436 g/mol. The van der Waals surface area contributed by atoms with Crippen LogP contribution in [0.15, 0.2) is 42.5 Å². The number of nitrogens with one attached hydrogen (secondary N) is 1. The first-order chi connectivity index (χ1) is 14.7. The highest BCUT2D eigenvalue weighted by atomic mass is 19.4. The van der Waals surface area contributed by atoms with Crippen molar-refractivity contribution in [2.24, 2.45) is 5.73 Å². The van der Waals surface area contributed by atoms with Crippen LogP contribution in [0.2, 0.25) is 0 Å². The normalized spacial score (nSPS) is 11.4. The molecule has 0 aliphatic heterocycles. The number of urea groups is 1. The van der Waals surface area contributed by atoms with Gasteiger partial charge in [0.05, 0.1) is 24.4 Å². The summed E-state index contributed by atoms with van der Waals surface area (Å²) in [4.78, 5) is 28.8. The third-order valence-corrected chi connectivity index (χ3v) is 4.20. The first kappa shape index (κ1) is 21.9. The summed E-state index contributed by atoms with van der Waals surface area (Å²) in [5.41, 5.74) is 5.90. The summed E-state index contributed by atoms with van der Waals surface area (Å²) < 4.78 is 44.4. The molecule has 2 amide bonds. The number of benzene rings is 1. The number of fused-ring (bicyclic) bond motifs is 1. The molecule has 9 nitrogen and oxygen atoms in total. The fourth-order valence-electron chi connectivity index (χ4n) is 2.77. The molecule has 0 radical (unpaired) electrons. The van der Waals surface area contributed by atoms with Crippen molar-refractivity contribution in [2.45, 2.75) is 19.6 Å². The summed E-state index contributed by atoms with van der Waals surface area (Å²) in [5, 5.41) is 7.12. The minimum absolute atomic E-state index is 0.0332. The minimum Gasteiger partial charge on any atom is -0.465 e. The molecule has 0 fully saturated rings.